The number of aliphatic hydroxyl groups is 2. The molecule has 0 aromatic carbocycles. The molecule has 1 unspecified atom stereocenters. The summed E-state index contributed by atoms with van der Waals surface area (Å²) in [6, 6.07) is 0. The van der Waals surface area contributed by atoms with E-state index < -0.39 is 52.1 Å². The molecule has 176 valence electrons. The first-order valence-electron chi connectivity index (χ1n) is 11.5. The van der Waals surface area contributed by atoms with Crippen LogP contribution in [0.15, 0.2) is 12.2 Å². The number of hydrogen-bond acceptors (Lipinski definition) is 8. The van der Waals surface area contributed by atoms with Gasteiger partial charge in [-0.3, -0.25) is 14.4 Å². The van der Waals surface area contributed by atoms with Gasteiger partial charge >= 0.3 is 11.9 Å². The summed E-state index contributed by atoms with van der Waals surface area (Å²) in [5, 5.41) is 23.6. The average Bonchev–Trinajstić information content (AvgIpc) is 2.92. The van der Waals surface area contributed by atoms with Crippen LogP contribution in [-0.4, -0.2) is 59.1 Å². The molecule has 2 spiro atoms. The van der Waals surface area contributed by atoms with Gasteiger partial charge in [0.2, 0.25) is 5.79 Å². The first kappa shape index (κ1) is 22.0. The number of ketones is 1. The highest BCUT2D eigenvalue weighted by Crippen LogP contribution is 2.76. The molecule has 9 atom stereocenters. The van der Waals surface area contributed by atoms with Gasteiger partial charge < -0.3 is 24.4 Å². The highest BCUT2D eigenvalue weighted by molar-refractivity contribution is 6.04. The fourth-order valence-corrected chi connectivity index (χ4v) is 8.46. The lowest BCUT2D eigenvalue weighted by Gasteiger charge is -2.74. The first-order chi connectivity index (χ1) is 14.9. The van der Waals surface area contributed by atoms with Crippen molar-refractivity contribution in [3.05, 3.63) is 12.2 Å². The highest BCUT2D eigenvalue weighted by atomic mass is 16.6. The number of aliphatic hydroxyl groups excluding tert-OH is 1. The fourth-order valence-electron chi connectivity index (χ4n) is 8.46. The van der Waals surface area contributed by atoms with Crippen molar-refractivity contribution in [3.63, 3.8) is 0 Å². The third-order valence-corrected chi connectivity index (χ3v) is 9.60. The summed E-state index contributed by atoms with van der Waals surface area (Å²) < 4.78 is 17.1. The predicted octanol–water partition coefficient (Wildman–Crippen LogP) is 1.52. The zero-order valence-corrected chi connectivity index (χ0v) is 18.9. The van der Waals surface area contributed by atoms with Crippen LogP contribution in [0, 0.1) is 34.0 Å². The van der Waals surface area contributed by atoms with E-state index in [2.05, 4.69) is 6.58 Å². The monoisotopic (exact) mass is 448 g/mol. The van der Waals surface area contributed by atoms with Gasteiger partial charge in [0.15, 0.2) is 5.78 Å². The summed E-state index contributed by atoms with van der Waals surface area (Å²) in [6.07, 6.45) is 1.04. The van der Waals surface area contributed by atoms with Gasteiger partial charge in [-0.15, -0.1) is 0 Å². The second-order valence-corrected chi connectivity index (χ2v) is 10.9. The standard InChI is InChI=1S/C24H32O8/c1-12-15-5-6-16-22-8-7-17(32-14(3)26)21(4,10-30-13(2)25)18(22)20(28)24(29,31-11-22)23(16,9-15)19(12)27/h15-18,20,28-29H,1,5-11H2,2-4H3/t15?,16-,17-,18+,20-,21+,22+,23-,24-/m0/s1. The summed E-state index contributed by atoms with van der Waals surface area (Å²) >= 11 is 0. The van der Waals surface area contributed by atoms with Crippen LogP contribution in [0.1, 0.15) is 52.9 Å². The number of Topliss-reactive ketones (excluding diaryl/α,β-unsaturated/α-hetero) is 1. The molecule has 2 N–H and O–H groups in total. The van der Waals surface area contributed by atoms with Crippen LogP contribution >= 0.6 is 0 Å². The Bertz CT molecular complexity index is 914. The number of esters is 2. The number of ether oxygens (including phenoxy) is 3. The summed E-state index contributed by atoms with van der Waals surface area (Å²) in [5.74, 6) is -3.96. The lowest BCUT2D eigenvalue weighted by atomic mass is 9.36. The molecule has 0 amide bonds. The molecule has 0 aromatic rings. The molecule has 4 aliphatic carbocycles. The molecule has 8 heteroatoms. The van der Waals surface area contributed by atoms with Crippen molar-refractivity contribution in [3.8, 4) is 0 Å². The van der Waals surface area contributed by atoms with Gasteiger partial charge in [-0.1, -0.05) is 13.5 Å². The van der Waals surface area contributed by atoms with Crippen LogP contribution in [0.3, 0.4) is 0 Å². The summed E-state index contributed by atoms with van der Waals surface area (Å²) in [7, 11) is 0. The Hall–Kier alpha value is -1.77. The van der Waals surface area contributed by atoms with Crippen molar-refractivity contribution in [2.75, 3.05) is 13.2 Å². The zero-order chi connectivity index (χ0) is 23.3. The van der Waals surface area contributed by atoms with E-state index in [1.807, 2.05) is 6.92 Å². The maximum atomic E-state index is 13.6. The van der Waals surface area contributed by atoms with Gasteiger partial charge in [-0.25, -0.2) is 0 Å². The molecule has 6 rings (SSSR count). The number of carbonyl (C=O) groups is 3. The van der Waals surface area contributed by atoms with E-state index in [0.29, 0.717) is 24.8 Å². The number of hydrogen-bond donors (Lipinski definition) is 2. The Kier molecular flexibility index (Phi) is 4.57. The summed E-state index contributed by atoms with van der Waals surface area (Å²) in [6.45, 7) is 8.63. The van der Waals surface area contributed by atoms with E-state index in [9.17, 15) is 24.6 Å². The second-order valence-electron chi connectivity index (χ2n) is 10.9. The Labute approximate surface area is 187 Å². The maximum absolute atomic E-state index is 13.6. The normalized spacial score (nSPS) is 51.1. The topological polar surface area (TPSA) is 119 Å². The molecule has 0 radical (unpaired) electrons. The van der Waals surface area contributed by atoms with E-state index in [4.69, 9.17) is 14.2 Å². The molecule has 2 saturated heterocycles. The lowest BCUT2D eigenvalue weighted by Crippen LogP contribution is -2.83. The average molecular weight is 449 g/mol. The van der Waals surface area contributed by atoms with Crippen LogP contribution in [0.4, 0.5) is 0 Å². The molecule has 4 saturated carbocycles. The number of rotatable bonds is 3. The number of fused-ring (bicyclic) bond motifs is 2. The van der Waals surface area contributed by atoms with Crippen LogP contribution in [0.5, 0.6) is 0 Å². The van der Waals surface area contributed by atoms with Crippen LogP contribution in [0.2, 0.25) is 0 Å². The maximum Gasteiger partial charge on any atom is 0.302 e. The van der Waals surface area contributed by atoms with Crippen molar-refractivity contribution < 1.29 is 38.8 Å². The predicted molar refractivity (Wildman–Crippen MR) is 110 cm³/mol. The van der Waals surface area contributed by atoms with Crippen molar-refractivity contribution in [1.82, 2.24) is 0 Å². The molecule has 32 heavy (non-hydrogen) atoms. The van der Waals surface area contributed by atoms with E-state index in [1.54, 1.807) is 0 Å². The van der Waals surface area contributed by atoms with Gasteiger partial charge in [-0.05, 0) is 49.5 Å². The zero-order valence-electron chi connectivity index (χ0n) is 18.9. The molecule has 0 aromatic heterocycles. The number of carbonyl (C=O) groups excluding carboxylic acids is 3. The van der Waals surface area contributed by atoms with E-state index in [0.717, 1.165) is 12.8 Å². The molecular weight excluding hydrogens is 416 g/mol. The molecule has 4 bridgehead atoms. The van der Waals surface area contributed by atoms with Crippen molar-refractivity contribution in [2.24, 2.45) is 34.0 Å². The minimum Gasteiger partial charge on any atom is -0.465 e. The quantitative estimate of drug-likeness (QED) is 0.493. The summed E-state index contributed by atoms with van der Waals surface area (Å²) in [4.78, 5) is 37.2. The molecular formula is C24H32O8. The molecule has 8 nitrogen and oxygen atoms in total. The largest absolute Gasteiger partial charge is 0.465 e. The lowest BCUT2D eigenvalue weighted by molar-refractivity contribution is -0.443. The SMILES string of the molecule is C=C1C(=O)[C@]23CC1CC[C@H]2[C@]12CC[C@H](OC(C)=O)[C@@](C)(COC(C)=O)[C@H]1[C@H](O)[C@]3(O)OC2. The van der Waals surface area contributed by atoms with E-state index >= 15 is 0 Å². The van der Waals surface area contributed by atoms with E-state index in [1.165, 1.54) is 13.8 Å². The third kappa shape index (κ3) is 2.36. The minimum absolute atomic E-state index is 0.00223. The molecule has 2 aliphatic heterocycles. The smallest absolute Gasteiger partial charge is 0.302 e. The number of allylic oxidation sites excluding steroid dienone is 1. The molecule has 6 fully saturated rings. The second kappa shape index (κ2) is 6.64. The fraction of sp³-hybridized carbons (Fsp3) is 0.792. The third-order valence-electron chi connectivity index (χ3n) is 9.60. The Morgan fingerprint density at radius 2 is 1.94 bits per heavy atom. The Balaban J connectivity index is 1.66. The van der Waals surface area contributed by atoms with Crippen LogP contribution < -0.4 is 0 Å². The van der Waals surface area contributed by atoms with Gasteiger partial charge in [0, 0.05) is 30.6 Å². The molecule has 6 aliphatic rings. The molecule has 2 heterocycles. The van der Waals surface area contributed by atoms with Gasteiger partial charge in [-0.2, -0.15) is 0 Å². The van der Waals surface area contributed by atoms with Crippen LogP contribution in [-0.2, 0) is 28.6 Å². The first-order valence-corrected chi connectivity index (χ1v) is 11.5. The van der Waals surface area contributed by atoms with Crippen molar-refractivity contribution in [1.29, 1.82) is 0 Å². The van der Waals surface area contributed by atoms with Gasteiger partial charge in [0.25, 0.3) is 0 Å². The van der Waals surface area contributed by atoms with Gasteiger partial charge in [0.1, 0.15) is 18.8 Å². The van der Waals surface area contributed by atoms with Crippen LogP contribution in [0.25, 0.3) is 0 Å². The minimum atomic E-state index is -2.06. The van der Waals surface area contributed by atoms with Crippen molar-refractivity contribution in [2.45, 2.75) is 70.9 Å². The van der Waals surface area contributed by atoms with Gasteiger partial charge in [0.05, 0.1) is 12.0 Å². The Morgan fingerprint density at radius 1 is 1.22 bits per heavy atom. The highest BCUT2D eigenvalue weighted by Gasteiger charge is 2.84. The van der Waals surface area contributed by atoms with Crippen molar-refractivity contribution >= 4 is 17.7 Å². The Morgan fingerprint density at radius 3 is 2.59 bits per heavy atom. The van der Waals surface area contributed by atoms with E-state index in [-0.39, 0.29) is 30.8 Å². The summed E-state index contributed by atoms with van der Waals surface area (Å²) in [5.41, 5.74) is -2.25.